The molecule has 8 heteroatoms. The summed E-state index contributed by atoms with van der Waals surface area (Å²) in [5.41, 5.74) is 3.66. The van der Waals surface area contributed by atoms with Crippen LogP contribution >= 0.6 is 11.8 Å². The Morgan fingerprint density at radius 1 is 1.07 bits per heavy atom. The van der Waals surface area contributed by atoms with Gasteiger partial charge in [-0.15, -0.1) is 5.10 Å². The van der Waals surface area contributed by atoms with Gasteiger partial charge in [0.25, 0.3) is 0 Å². The molecule has 29 heavy (non-hydrogen) atoms. The van der Waals surface area contributed by atoms with Gasteiger partial charge in [0, 0.05) is 23.1 Å². The molecule has 7 nitrogen and oxygen atoms in total. The van der Waals surface area contributed by atoms with Crippen LogP contribution in [0.25, 0.3) is 5.82 Å². The summed E-state index contributed by atoms with van der Waals surface area (Å²) in [6.45, 7) is 4.49. The number of hydrogen-bond donors (Lipinski definition) is 0. The van der Waals surface area contributed by atoms with E-state index in [9.17, 15) is 4.79 Å². The third kappa shape index (κ3) is 4.12. The summed E-state index contributed by atoms with van der Waals surface area (Å²) < 4.78 is 3.71. The van der Waals surface area contributed by atoms with Gasteiger partial charge in [-0.3, -0.25) is 4.79 Å². The van der Waals surface area contributed by atoms with Crippen LogP contribution < -0.4 is 0 Å². The van der Waals surface area contributed by atoms with Crippen molar-refractivity contribution in [3.63, 3.8) is 0 Å². The van der Waals surface area contributed by atoms with E-state index in [2.05, 4.69) is 20.5 Å². The first-order valence-corrected chi connectivity index (χ1v) is 10.2. The van der Waals surface area contributed by atoms with Gasteiger partial charge in [0.05, 0.1) is 12.3 Å². The first-order chi connectivity index (χ1) is 14.1. The van der Waals surface area contributed by atoms with Gasteiger partial charge in [-0.1, -0.05) is 48.2 Å². The van der Waals surface area contributed by atoms with Crippen LogP contribution in [0.1, 0.15) is 27.3 Å². The summed E-state index contributed by atoms with van der Waals surface area (Å²) in [6.07, 6.45) is 1.75. The molecule has 0 N–H and O–H groups in total. The van der Waals surface area contributed by atoms with E-state index in [0.717, 1.165) is 22.8 Å². The molecule has 4 aromatic rings. The first kappa shape index (κ1) is 19.1. The van der Waals surface area contributed by atoms with Crippen molar-refractivity contribution in [1.82, 2.24) is 29.8 Å². The van der Waals surface area contributed by atoms with Gasteiger partial charge in [0.2, 0.25) is 5.16 Å². The van der Waals surface area contributed by atoms with Crippen LogP contribution in [-0.2, 0) is 6.54 Å². The number of Topliss-reactive ketones (excluding diaryl/α,β-unsaturated/α-hetero) is 1. The van der Waals surface area contributed by atoms with Crippen LogP contribution in [0.3, 0.4) is 0 Å². The molecular formula is C21H20N6OS. The van der Waals surface area contributed by atoms with E-state index in [1.807, 2.05) is 73.0 Å². The van der Waals surface area contributed by atoms with E-state index >= 15 is 0 Å². The van der Waals surface area contributed by atoms with Crippen LogP contribution in [0.5, 0.6) is 0 Å². The lowest BCUT2D eigenvalue weighted by Crippen LogP contribution is -2.08. The molecule has 0 saturated heterocycles. The zero-order chi connectivity index (χ0) is 20.2. The van der Waals surface area contributed by atoms with Gasteiger partial charge in [0.15, 0.2) is 5.78 Å². The molecule has 0 bridgehead atoms. The van der Waals surface area contributed by atoms with Crippen molar-refractivity contribution < 1.29 is 4.79 Å². The molecule has 0 aliphatic carbocycles. The molecule has 0 radical (unpaired) electrons. The smallest absolute Gasteiger partial charge is 0.210 e. The third-order valence-electron chi connectivity index (χ3n) is 4.62. The normalized spacial score (nSPS) is 11.0. The van der Waals surface area contributed by atoms with Crippen LogP contribution in [-0.4, -0.2) is 41.3 Å². The number of benzene rings is 1. The van der Waals surface area contributed by atoms with Gasteiger partial charge >= 0.3 is 0 Å². The largest absolute Gasteiger partial charge is 0.302 e. The molecule has 3 aromatic heterocycles. The second-order valence-corrected chi connectivity index (χ2v) is 7.57. The number of hydrogen-bond acceptors (Lipinski definition) is 6. The Balaban J connectivity index is 1.48. The fraction of sp³-hybridized carbons (Fsp3) is 0.190. The van der Waals surface area contributed by atoms with E-state index in [4.69, 9.17) is 0 Å². The lowest BCUT2D eigenvalue weighted by atomic mass is 10.2. The van der Waals surface area contributed by atoms with E-state index in [-0.39, 0.29) is 11.5 Å². The molecular weight excluding hydrogens is 384 g/mol. The zero-order valence-corrected chi connectivity index (χ0v) is 17.0. The predicted octanol–water partition coefficient (Wildman–Crippen LogP) is 3.50. The van der Waals surface area contributed by atoms with Crippen molar-refractivity contribution in [2.45, 2.75) is 25.5 Å². The lowest BCUT2D eigenvalue weighted by molar-refractivity contribution is 0.102. The number of nitrogens with zero attached hydrogens (tertiary/aromatic N) is 6. The highest BCUT2D eigenvalue weighted by Gasteiger charge is 2.18. The summed E-state index contributed by atoms with van der Waals surface area (Å²) in [4.78, 5) is 17.3. The number of pyridine rings is 1. The number of rotatable bonds is 7. The second-order valence-electron chi connectivity index (χ2n) is 6.62. The van der Waals surface area contributed by atoms with Crippen molar-refractivity contribution in [3.8, 4) is 5.82 Å². The predicted molar refractivity (Wildman–Crippen MR) is 111 cm³/mol. The van der Waals surface area contributed by atoms with Crippen LogP contribution in [0.2, 0.25) is 0 Å². The minimum atomic E-state index is 0.0412. The fourth-order valence-corrected chi connectivity index (χ4v) is 4.01. The van der Waals surface area contributed by atoms with Crippen molar-refractivity contribution in [2.75, 3.05) is 5.75 Å². The Bertz CT molecular complexity index is 1120. The van der Waals surface area contributed by atoms with Gasteiger partial charge < -0.3 is 4.57 Å². The van der Waals surface area contributed by atoms with Crippen molar-refractivity contribution >= 4 is 17.5 Å². The Morgan fingerprint density at radius 2 is 1.86 bits per heavy atom. The quantitative estimate of drug-likeness (QED) is 0.347. The number of ketones is 1. The Morgan fingerprint density at radius 3 is 2.62 bits per heavy atom. The van der Waals surface area contributed by atoms with E-state index < -0.39 is 0 Å². The van der Waals surface area contributed by atoms with Crippen LogP contribution in [0.15, 0.2) is 66.0 Å². The second kappa shape index (κ2) is 8.40. The van der Waals surface area contributed by atoms with Gasteiger partial charge in [0.1, 0.15) is 5.82 Å². The number of carbonyl (C=O) groups excluding carboxylic acids is 1. The third-order valence-corrected chi connectivity index (χ3v) is 5.57. The maximum Gasteiger partial charge on any atom is 0.210 e. The maximum atomic E-state index is 12.9. The molecule has 0 aliphatic heterocycles. The summed E-state index contributed by atoms with van der Waals surface area (Å²) in [5, 5.41) is 12.5. The summed E-state index contributed by atoms with van der Waals surface area (Å²) in [6, 6.07) is 17.6. The highest BCUT2D eigenvalue weighted by molar-refractivity contribution is 7.99. The van der Waals surface area contributed by atoms with Crippen LogP contribution in [0, 0.1) is 13.8 Å². The number of carbonyl (C=O) groups is 1. The number of thioether (sulfide) groups is 1. The number of tetrazole rings is 1. The standard InChI is InChI=1S/C21H20N6OS/c1-15-12-18(16(2)27(15)20-10-6-7-11-22-20)19(28)14-29-21-23-24-25-26(21)13-17-8-4-3-5-9-17/h3-12H,13-14H2,1-2H3. The zero-order valence-electron chi connectivity index (χ0n) is 16.2. The molecule has 4 rings (SSSR count). The molecule has 146 valence electrons. The molecule has 0 spiro atoms. The van der Waals surface area contributed by atoms with E-state index in [0.29, 0.717) is 17.3 Å². The van der Waals surface area contributed by atoms with E-state index in [1.54, 1.807) is 10.9 Å². The lowest BCUT2D eigenvalue weighted by Gasteiger charge is -2.08. The average molecular weight is 404 g/mol. The average Bonchev–Trinajstić information content (AvgIpc) is 3.31. The molecule has 0 saturated carbocycles. The molecule has 3 heterocycles. The summed E-state index contributed by atoms with van der Waals surface area (Å²) in [5.74, 6) is 1.11. The monoisotopic (exact) mass is 404 g/mol. The van der Waals surface area contributed by atoms with Gasteiger partial charge in [-0.05, 0) is 48.0 Å². The highest BCUT2D eigenvalue weighted by Crippen LogP contribution is 2.23. The molecule has 0 fully saturated rings. The fourth-order valence-electron chi connectivity index (χ4n) is 3.25. The molecule has 1 aromatic carbocycles. The summed E-state index contributed by atoms with van der Waals surface area (Å²) >= 11 is 1.35. The van der Waals surface area contributed by atoms with Crippen molar-refractivity contribution in [2.24, 2.45) is 0 Å². The van der Waals surface area contributed by atoms with E-state index in [1.165, 1.54) is 11.8 Å². The Kier molecular flexibility index (Phi) is 5.53. The molecule has 0 atom stereocenters. The number of aromatic nitrogens is 6. The van der Waals surface area contributed by atoms with Crippen LogP contribution in [0.4, 0.5) is 0 Å². The highest BCUT2D eigenvalue weighted by atomic mass is 32.2. The maximum absolute atomic E-state index is 12.9. The minimum absolute atomic E-state index is 0.0412. The topological polar surface area (TPSA) is 78.5 Å². The molecule has 0 aliphatic rings. The van der Waals surface area contributed by atoms with Gasteiger partial charge in [-0.2, -0.15) is 0 Å². The van der Waals surface area contributed by atoms with Gasteiger partial charge in [-0.25, -0.2) is 9.67 Å². The van der Waals surface area contributed by atoms with Crippen molar-refractivity contribution in [3.05, 3.63) is 83.3 Å². The Hall–Kier alpha value is -3.26. The molecule has 0 amide bonds. The SMILES string of the molecule is Cc1cc(C(=O)CSc2nnnn2Cc2ccccc2)c(C)n1-c1ccccn1. The molecule has 0 unspecified atom stereocenters. The minimum Gasteiger partial charge on any atom is -0.302 e. The first-order valence-electron chi connectivity index (χ1n) is 9.20. The summed E-state index contributed by atoms with van der Waals surface area (Å²) in [7, 11) is 0. The Labute approximate surface area is 172 Å². The van der Waals surface area contributed by atoms with Crippen molar-refractivity contribution in [1.29, 1.82) is 0 Å². The number of aryl methyl sites for hydroxylation is 1.